The van der Waals surface area contributed by atoms with E-state index in [1.165, 1.54) is 12.2 Å². The van der Waals surface area contributed by atoms with Gasteiger partial charge in [-0.1, -0.05) is 135 Å². The second-order valence-corrected chi connectivity index (χ2v) is 14.6. The van der Waals surface area contributed by atoms with Gasteiger partial charge in [0.1, 0.15) is 11.5 Å². The molecule has 0 atom stereocenters. The van der Waals surface area contributed by atoms with Crippen LogP contribution in [0.4, 0.5) is 11.4 Å². The summed E-state index contributed by atoms with van der Waals surface area (Å²) in [6.07, 6.45) is 10.7. The molecule has 8 aromatic rings. The van der Waals surface area contributed by atoms with Crippen molar-refractivity contribution in [2.24, 2.45) is 0 Å². The maximum atomic E-state index is 12.9. The lowest BCUT2D eigenvalue weighted by atomic mass is 9.86. The van der Waals surface area contributed by atoms with Crippen LogP contribution in [0.1, 0.15) is 43.0 Å². The lowest BCUT2D eigenvalue weighted by Crippen LogP contribution is -2.10. The minimum absolute atomic E-state index is 0.337. The van der Waals surface area contributed by atoms with Crippen molar-refractivity contribution in [3.8, 4) is 22.6 Å². The predicted octanol–water partition coefficient (Wildman–Crippen LogP) is 12.7. The zero-order valence-corrected chi connectivity index (χ0v) is 34.5. The van der Waals surface area contributed by atoms with Crippen molar-refractivity contribution in [1.29, 1.82) is 0 Å². The van der Waals surface area contributed by atoms with Crippen LogP contribution in [0.25, 0.3) is 57.0 Å². The summed E-state index contributed by atoms with van der Waals surface area (Å²) < 4.78 is 11.3. The summed E-state index contributed by atoms with van der Waals surface area (Å²) in [5.74, 6) is -0.896. The van der Waals surface area contributed by atoms with Gasteiger partial charge >= 0.3 is 11.9 Å². The molecule has 0 saturated heterocycles. The van der Waals surface area contributed by atoms with Crippen LogP contribution >= 0.6 is 0 Å². The standard InChI is InChI=1S/C56H40N2O6/c1-3-51(59)57-45-29-25-43(26-30-45)55(61)63-47-33-15-37(16-34-47)13-19-41-23-21-39-9-5-7-11-49(39)53(41)54-42(24-22-40-10-6-8-12-50(40)54)20-14-38-17-35-48(36-18-38)64-56(62)44-27-31-46(32-28-44)58-52(60)4-2/h3-36H,1-2H2,(H,57,59)(H,58,60)/b19-13+,20-14+. The van der Waals surface area contributed by atoms with E-state index in [1.807, 2.05) is 48.6 Å². The van der Waals surface area contributed by atoms with Crippen molar-refractivity contribution >= 4 is 81.0 Å². The number of benzene rings is 8. The Hall–Kier alpha value is -8.88. The summed E-state index contributed by atoms with van der Waals surface area (Å²) in [6.45, 7) is 6.90. The third-order valence-corrected chi connectivity index (χ3v) is 10.4. The largest absolute Gasteiger partial charge is 0.423 e. The average molecular weight is 837 g/mol. The Balaban J connectivity index is 1.04. The molecule has 2 N–H and O–H groups in total. The van der Waals surface area contributed by atoms with Crippen molar-refractivity contribution < 1.29 is 28.7 Å². The molecule has 0 aromatic heterocycles. The van der Waals surface area contributed by atoms with Crippen LogP contribution in [0.5, 0.6) is 11.5 Å². The van der Waals surface area contributed by atoms with Gasteiger partial charge in [0.15, 0.2) is 0 Å². The number of fused-ring (bicyclic) bond motifs is 2. The fraction of sp³-hybridized carbons (Fsp3) is 0. The lowest BCUT2D eigenvalue weighted by molar-refractivity contribution is -0.112. The summed E-state index contributed by atoms with van der Waals surface area (Å²) in [6, 6.07) is 52.8. The third kappa shape index (κ3) is 9.84. The molecular weight excluding hydrogens is 797 g/mol. The zero-order valence-electron chi connectivity index (χ0n) is 34.5. The first kappa shape index (κ1) is 41.8. The number of anilines is 2. The van der Waals surface area contributed by atoms with Gasteiger partial charge in [0, 0.05) is 11.4 Å². The van der Waals surface area contributed by atoms with E-state index in [4.69, 9.17) is 9.47 Å². The van der Waals surface area contributed by atoms with E-state index in [2.05, 4.69) is 96.6 Å². The molecular formula is C56H40N2O6. The van der Waals surface area contributed by atoms with Crippen molar-refractivity contribution in [1.82, 2.24) is 0 Å². The summed E-state index contributed by atoms with van der Waals surface area (Å²) in [5, 5.41) is 9.75. The molecule has 0 aliphatic rings. The molecule has 0 bridgehead atoms. The van der Waals surface area contributed by atoms with E-state index in [0.717, 1.165) is 54.9 Å². The summed E-state index contributed by atoms with van der Waals surface area (Å²) in [4.78, 5) is 49.0. The van der Waals surface area contributed by atoms with Gasteiger partial charge in [-0.05, 0) is 140 Å². The number of carbonyl (C=O) groups is 4. The van der Waals surface area contributed by atoms with Crippen LogP contribution in [0.15, 0.2) is 195 Å². The molecule has 0 aliphatic heterocycles. The molecule has 64 heavy (non-hydrogen) atoms. The second-order valence-electron chi connectivity index (χ2n) is 14.6. The van der Waals surface area contributed by atoms with Crippen molar-refractivity contribution in [3.63, 3.8) is 0 Å². The number of rotatable bonds is 13. The number of hydrogen-bond acceptors (Lipinski definition) is 6. The first-order valence-corrected chi connectivity index (χ1v) is 20.4. The Bertz CT molecular complexity index is 2910. The van der Waals surface area contributed by atoms with Gasteiger partial charge in [-0.3, -0.25) is 9.59 Å². The number of ether oxygens (including phenoxy) is 2. The number of esters is 2. The van der Waals surface area contributed by atoms with Crippen LogP contribution < -0.4 is 20.1 Å². The van der Waals surface area contributed by atoms with Crippen LogP contribution in [-0.2, 0) is 9.59 Å². The molecule has 310 valence electrons. The number of hydrogen-bond donors (Lipinski definition) is 2. The molecule has 8 heteroatoms. The summed E-state index contributed by atoms with van der Waals surface area (Å²) in [5.41, 5.74) is 7.85. The maximum Gasteiger partial charge on any atom is 0.343 e. The first-order valence-electron chi connectivity index (χ1n) is 20.4. The van der Waals surface area contributed by atoms with Crippen LogP contribution in [0, 0.1) is 0 Å². The Kier molecular flexibility index (Phi) is 12.6. The normalized spacial score (nSPS) is 11.1. The fourth-order valence-electron chi connectivity index (χ4n) is 7.18. The van der Waals surface area contributed by atoms with Gasteiger partial charge in [-0.25, -0.2) is 9.59 Å². The molecule has 0 unspecified atom stereocenters. The van der Waals surface area contributed by atoms with E-state index in [-0.39, 0.29) is 11.8 Å². The van der Waals surface area contributed by atoms with E-state index < -0.39 is 11.9 Å². The van der Waals surface area contributed by atoms with Gasteiger partial charge in [0.25, 0.3) is 0 Å². The Morgan fingerprint density at radius 1 is 0.406 bits per heavy atom. The number of nitrogens with one attached hydrogen (secondary N) is 2. The molecule has 0 spiro atoms. The molecule has 2 amide bonds. The highest BCUT2D eigenvalue weighted by Crippen LogP contribution is 2.41. The van der Waals surface area contributed by atoms with Crippen molar-refractivity contribution in [2.75, 3.05) is 10.6 Å². The highest BCUT2D eigenvalue weighted by molar-refractivity contribution is 6.11. The Morgan fingerprint density at radius 3 is 1.16 bits per heavy atom. The molecule has 0 radical (unpaired) electrons. The van der Waals surface area contributed by atoms with Gasteiger partial charge in [-0.15, -0.1) is 0 Å². The van der Waals surface area contributed by atoms with E-state index >= 15 is 0 Å². The van der Waals surface area contributed by atoms with Gasteiger partial charge < -0.3 is 20.1 Å². The summed E-state index contributed by atoms with van der Waals surface area (Å²) >= 11 is 0. The molecule has 8 nitrogen and oxygen atoms in total. The van der Waals surface area contributed by atoms with Crippen LogP contribution in [0.3, 0.4) is 0 Å². The van der Waals surface area contributed by atoms with E-state index in [1.54, 1.807) is 72.8 Å². The fourth-order valence-corrected chi connectivity index (χ4v) is 7.18. The molecule has 0 heterocycles. The zero-order chi connectivity index (χ0) is 44.4. The molecule has 8 aromatic carbocycles. The minimum Gasteiger partial charge on any atom is -0.423 e. The van der Waals surface area contributed by atoms with E-state index in [0.29, 0.717) is 34.0 Å². The average Bonchev–Trinajstić information content (AvgIpc) is 3.33. The highest BCUT2D eigenvalue weighted by Gasteiger charge is 2.16. The van der Waals surface area contributed by atoms with E-state index in [9.17, 15) is 19.2 Å². The maximum absolute atomic E-state index is 12.9. The molecule has 8 rings (SSSR count). The van der Waals surface area contributed by atoms with Gasteiger partial charge in [0.2, 0.25) is 11.8 Å². The van der Waals surface area contributed by atoms with Crippen LogP contribution in [-0.4, -0.2) is 23.8 Å². The van der Waals surface area contributed by atoms with Crippen molar-refractivity contribution in [3.05, 3.63) is 229 Å². The Morgan fingerprint density at radius 2 is 0.781 bits per heavy atom. The summed E-state index contributed by atoms with van der Waals surface area (Å²) in [7, 11) is 0. The Labute approximate surface area is 370 Å². The second kappa shape index (κ2) is 19.2. The number of carbonyl (C=O) groups excluding carboxylic acids is 4. The quantitative estimate of drug-likeness (QED) is 0.0518. The van der Waals surface area contributed by atoms with Gasteiger partial charge in [0.05, 0.1) is 11.1 Å². The third-order valence-electron chi connectivity index (χ3n) is 10.4. The van der Waals surface area contributed by atoms with Crippen LogP contribution in [0.2, 0.25) is 0 Å². The molecule has 0 fully saturated rings. The topological polar surface area (TPSA) is 111 Å². The molecule has 0 aliphatic carbocycles. The number of amides is 2. The first-order chi connectivity index (χ1) is 31.2. The monoisotopic (exact) mass is 836 g/mol. The molecule has 0 saturated carbocycles. The van der Waals surface area contributed by atoms with Gasteiger partial charge in [-0.2, -0.15) is 0 Å². The lowest BCUT2D eigenvalue weighted by Gasteiger charge is -2.17. The predicted molar refractivity (Wildman–Crippen MR) is 258 cm³/mol. The SMILES string of the molecule is C=CC(=O)Nc1ccc(C(=O)Oc2ccc(/C=C/c3ccc4ccccc4c3-c3c(/C=C/c4ccc(OC(=O)c5ccc(NC(=O)C=C)cc5)cc4)ccc4ccccc34)cc2)cc1. The minimum atomic E-state index is -0.513. The smallest absolute Gasteiger partial charge is 0.343 e. The highest BCUT2D eigenvalue weighted by atomic mass is 16.5. The van der Waals surface area contributed by atoms with Crippen molar-refractivity contribution in [2.45, 2.75) is 0 Å².